The first-order chi connectivity index (χ1) is 14.2. The second-order valence-corrected chi connectivity index (χ2v) is 11.3. The number of carbonyl (C=O) groups is 1. The second kappa shape index (κ2) is 7.82. The molecule has 4 rings (SSSR count). The van der Waals surface area contributed by atoms with Crippen molar-refractivity contribution in [2.45, 2.75) is 50.3 Å². The van der Waals surface area contributed by atoms with E-state index in [9.17, 15) is 13.2 Å². The lowest BCUT2D eigenvalue weighted by Gasteiger charge is -2.32. The molecule has 1 fully saturated rings. The van der Waals surface area contributed by atoms with Crippen LogP contribution in [0.3, 0.4) is 0 Å². The zero-order chi connectivity index (χ0) is 21.5. The number of fused-ring (bicyclic) bond motifs is 1. The SMILES string of the molecule is CC(C)(C)c1ccc(S(=O)(=O)N2CCC(C(=O)N3CCc4ccccc43)CC2)cc1. The number of rotatable bonds is 3. The highest BCUT2D eigenvalue weighted by Crippen LogP contribution is 2.32. The molecular formula is C24H30N2O3S. The van der Waals surface area contributed by atoms with Crippen LogP contribution in [0, 0.1) is 5.92 Å². The minimum Gasteiger partial charge on any atom is -0.312 e. The number of anilines is 1. The van der Waals surface area contributed by atoms with Gasteiger partial charge in [-0.25, -0.2) is 8.42 Å². The van der Waals surface area contributed by atoms with Crippen molar-refractivity contribution in [2.75, 3.05) is 24.5 Å². The molecule has 0 radical (unpaired) electrons. The van der Waals surface area contributed by atoms with Crippen molar-refractivity contribution in [3.05, 3.63) is 59.7 Å². The minimum absolute atomic E-state index is 0.0187. The van der Waals surface area contributed by atoms with E-state index < -0.39 is 10.0 Å². The second-order valence-electron chi connectivity index (χ2n) is 9.32. The molecule has 2 aromatic carbocycles. The quantitative estimate of drug-likeness (QED) is 0.746. The van der Waals surface area contributed by atoms with Crippen LogP contribution in [0.5, 0.6) is 0 Å². The van der Waals surface area contributed by atoms with E-state index in [-0.39, 0.29) is 17.2 Å². The van der Waals surface area contributed by atoms with Crippen molar-refractivity contribution < 1.29 is 13.2 Å². The maximum Gasteiger partial charge on any atom is 0.243 e. The summed E-state index contributed by atoms with van der Waals surface area (Å²) >= 11 is 0. The number of sulfonamides is 1. The molecule has 2 aliphatic heterocycles. The number of nitrogens with zero attached hydrogens (tertiary/aromatic N) is 2. The van der Waals surface area contributed by atoms with Crippen molar-refractivity contribution in [1.29, 1.82) is 0 Å². The summed E-state index contributed by atoms with van der Waals surface area (Å²) in [6, 6.07) is 15.2. The normalized spacial score (nSPS) is 18.4. The van der Waals surface area contributed by atoms with Crippen LogP contribution in [-0.2, 0) is 26.7 Å². The topological polar surface area (TPSA) is 57.7 Å². The zero-order valence-corrected chi connectivity index (χ0v) is 18.8. The summed E-state index contributed by atoms with van der Waals surface area (Å²) in [6.45, 7) is 7.81. The van der Waals surface area contributed by atoms with Crippen molar-refractivity contribution >= 4 is 21.6 Å². The maximum atomic E-state index is 13.1. The summed E-state index contributed by atoms with van der Waals surface area (Å²) < 4.78 is 27.7. The Hall–Kier alpha value is -2.18. The van der Waals surface area contributed by atoms with Gasteiger partial charge in [-0.05, 0) is 54.0 Å². The van der Waals surface area contributed by atoms with Crippen LogP contribution in [0.1, 0.15) is 44.7 Å². The molecular weight excluding hydrogens is 396 g/mol. The third-order valence-corrected chi connectivity index (χ3v) is 8.23. The van der Waals surface area contributed by atoms with Gasteiger partial charge in [0.1, 0.15) is 0 Å². The van der Waals surface area contributed by atoms with Crippen LogP contribution >= 0.6 is 0 Å². The predicted molar refractivity (Wildman–Crippen MR) is 119 cm³/mol. The van der Waals surface area contributed by atoms with Crippen LogP contribution < -0.4 is 4.90 Å². The Bertz CT molecular complexity index is 1030. The van der Waals surface area contributed by atoms with Crippen molar-refractivity contribution in [2.24, 2.45) is 5.92 Å². The highest BCUT2D eigenvalue weighted by atomic mass is 32.2. The van der Waals surface area contributed by atoms with Crippen LogP contribution in [0.4, 0.5) is 5.69 Å². The monoisotopic (exact) mass is 426 g/mol. The van der Waals surface area contributed by atoms with E-state index >= 15 is 0 Å². The van der Waals surface area contributed by atoms with Gasteiger partial charge in [-0.2, -0.15) is 4.31 Å². The number of hydrogen-bond acceptors (Lipinski definition) is 3. The van der Waals surface area contributed by atoms with Gasteiger partial charge in [0, 0.05) is 31.2 Å². The molecule has 160 valence electrons. The lowest BCUT2D eigenvalue weighted by molar-refractivity contribution is -0.123. The largest absolute Gasteiger partial charge is 0.312 e. The highest BCUT2D eigenvalue weighted by Gasteiger charge is 2.35. The van der Waals surface area contributed by atoms with Crippen LogP contribution in [0.15, 0.2) is 53.4 Å². The smallest absolute Gasteiger partial charge is 0.243 e. The Morgan fingerprint density at radius 1 is 0.933 bits per heavy atom. The van der Waals surface area contributed by atoms with Gasteiger partial charge >= 0.3 is 0 Å². The third-order valence-electron chi connectivity index (χ3n) is 6.31. The Labute approximate surface area is 179 Å². The summed E-state index contributed by atoms with van der Waals surface area (Å²) in [6.07, 6.45) is 2.02. The summed E-state index contributed by atoms with van der Waals surface area (Å²) in [7, 11) is -3.53. The molecule has 0 atom stereocenters. The Kier molecular flexibility index (Phi) is 5.49. The Balaban J connectivity index is 1.42. The van der Waals surface area contributed by atoms with Gasteiger partial charge in [0.25, 0.3) is 0 Å². The number of para-hydroxylation sites is 1. The molecule has 6 heteroatoms. The summed E-state index contributed by atoms with van der Waals surface area (Å²) in [5.41, 5.74) is 3.31. The van der Waals surface area contributed by atoms with E-state index in [1.54, 1.807) is 12.1 Å². The number of benzene rings is 2. The lowest BCUT2D eigenvalue weighted by Crippen LogP contribution is -2.44. The molecule has 0 bridgehead atoms. The molecule has 30 heavy (non-hydrogen) atoms. The molecule has 0 unspecified atom stereocenters. The Morgan fingerprint density at radius 2 is 1.57 bits per heavy atom. The van der Waals surface area contributed by atoms with Gasteiger partial charge in [-0.1, -0.05) is 51.1 Å². The van der Waals surface area contributed by atoms with Crippen LogP contribution in [0.25, 0.3) is 0 Å². The zero-order valence-electron chi connectivity index (χ0n) is 18.0. The van der Waals surface area contributed by atoms with Gasteiger partial charge in [0.05, 0.1) is 4.90 Å². The standard InChI is InChI=1S/C24H30N2O3S/c1-24(2,3)20-8-10-21(11-9-20)30(28,29)25-15-12-19(13-16-25)23(27)26-17-14-18-6-4-5-7-22(18)26/h4-11,19H,12-17H2,1-3H3. The van der Waals surface area contributed by atoms with Gasteiger partial charge in [-0.15, -0.1) is 0 Å². The van der Waals surface area contributed by atoms with E-state index in [4.69, 9.17) is 0 Å². The molecule has 1 saturated heterocycles. The van der Waals surface area contributed by atoms with Gasteiger partial charge in [0.2, 0.25) is 15.9 Å². The van der Waals surface area contributed by atoms with E-state index in [0.717, 1.165) is 24.2 Å². The average molecular weight is 427 g/mol. The molecule has 2 aliphatic rings. The molecule has 0 spiro atoms. The predicted octanol–water partition coefficient (Wildman–Crippen LogP) is 3.97. The fraction of sp³-hybridized carbons (Fsp3) is 0.458. The minimum atomic E-state index is -3.53. The van der Waals surface area contributed by atoms with Gasteiger partial charge in [-0.3, -0.25) is 4.79 Å². The molecule has 1 amide bonds. The number of hydrogen-bond donors (Lipinski definition) is 0. The van der Waals surface area contributed by atoms with E-state index in [1.165, 1.54) is 9.87 Å². The summed E-state index contributed by atoms with van der Waals surface area (Å²) in [5.74, 6) is 0.0115. The summed E-state index contributed by atoms with van der Waals surface area (Å²) in [5, 5.41) is 0. The molecule has 0 N–H and O–H groups in total. The number of carbonyl (C=O) groups excluding carboxylic acids is 1. The fourth-order valence-electron chi connectivity index (χ4n) is 4.41. The molecule has 0 aromatic heterocycles. The van der Waals surface area contributed by atoms with Crippen LogP contribution in [-0.4, -0.2) is 38.3 Å². The summed E-state index contributed by atoms with van der Waals surface area (Å²) in [4.78, 5) is 15.3. The number of amides is 1. The van der Waals surface area contributed by atoms with Crippen molar-refractivity contribution in [1.82, 2.24) is 4.31 Å². The van der Waals surface area contributed by atoms with Crippen LogP contribution in [0.2, 0.25) is 0 Å². The van der Waals surface area contributed by atoms with E-state index in [0.29, 0.717) is 30.8 Å². The average Bonchev–Trinajstić information content (AvgIpc) is 3.17. The maximum absolute atomic E-state index is 13.1. The van der Waals surface area contributed by atoms with Crippen molar-refractivity contribution in [3.63, 3.8) is 0 Å². The van der Waals surface area contributed by atoms with E-state index in [1.807, 2.05) is 35.2 Å². The number of piperidine rings is 1. The van der Waals surface area contributed by atoms with Gasteiger partial charge in [0.15, 0.2) is 0 Å². The highest BCUT2D eigenvalue weighted by molar-refractivity contribution is 7.89. The van der Waals surface area contributed by atoms with Crippen molar-refractivity contribution in [3.8, 4) is 0 Å². The molecule has 0 aliphatic carbocycles. The molecule has 5 nitrogen and oxygen atoms in total. The van der Waals surface area contributed by atoms with Gasteiger partial charge < -0.3 is 4.90 Å². The molecule has 0 saturated carbocycles. The first-order valence-corrected chi connectivity index (χ1v) is 12.1. The first-order valence-electron chi connectivity index (χ1n) is 10.7. The first kappa shape index (κ1) is 21.1. The Morgan fingerprint density at radius 3 is 2.20 bits per heavy atom. The molecule has 2 aromatic rings. The van der Waals surface area contributed by atoms with E-state index in [2.05, 4.69) is 26.8 Å². The fourth-order valence-corrected chi connectivity index (χ4v) is 5.88. The molecule has 2 heterocycles. The third kappa shape index (κ3) is 3.91. The lowest BCUT2D eigenvalue weighted by atomic mass is 9.87.